The lowest BCUT2D eigenvalue weighted by molar-refractivity contribution is 0.344. The molecule has 0 radical (unpaired) electrons. The molecule has 1 fully saturated rings. The SMILES string of the molecule is CNCC1(C(NC)c2c(C)cc(C)cc2C)CC1. The van der Waals surface area contributed by atoms with E-state index in [9.17, 15) is 0 Å². The van der Waals surface area contributed by atoms with Gasteiger partial charge in [0.05, 0.1) is 0 Å². The number of hydrogen-bond acceptors (Lipinski definition) is 2. The molecule has 2 heteroatoms. The Morgan fingerprint density at radius 1 is 1.11 bits per heavy atom. The molecule has 1 atom stereocenters. The maximum absolute atomic E-state index is 3.57. The van der Waals surface area contributed by atoms with Crippen molar-refractivity contribution in [3.63, 3.8) is 0 Å². The molecule has 1 aromatic carbocycles. The van der Waals surface area contributed by atoms with Gasteiger partial charge >= 0.3 is 0 Å². The average molecular weight is 246 g/mol. The van der Waals surface area contributed by atoms with Crippen LogP contribution in [0.2, 0.25) is 0 Å². The standard InChI is InChI=1S/C16H26N2/c1-11-8-12(2)14(13(3)9-11)15(18-5)16(6-7-16)10-17-4/h8-9,15,17-18H,6-7,10H2,1-5H3. The Balaban J connectivity index is 2.40. The first kappa shape index (κ1) is 13.6. The van der Waals surface area contributed by atoms with E-state index in [1.165, 1.54) is 35.1 Å². The summed E-state index contributed by atoms with van der Waals surface area (Å²) >= 11 is 0. The van der Waals surface area contributed by atoms with Crippen molar-refractivity contribution in [3.8, 4) is 0 Å². The minimum Gasteiger partial charge on any atom is -0.319 e. The fraction of sp³-hybridized carbons (Fsp3) is 0.625. The fourth-order valence-electron chi connectivity index (χ4n) is 3.48. The van der Waals surface area contributed by atoms with Crippen LogP contribution in [0.1, 0.15) is 41.1 Å². The molecule has 2 nitrogen and oxygen atoms in total. The van der Waals surface area contributed by atoms with Gasteiger partial charge in [-0.15, -0.1) is 0 Å². The van der Waals surface area contributed by atoms with E-state index in [2.05, 4.69) is 57.6 Å². The first-order chi connectivity index (χ1) is 8.54. The van der Waals surface area contributed by atoms with Gasteiger partial charge < -0.3 is 10.6 Å². The summed E-state index contributed by atoms with van der Waals surface area (Å²) in [7, 11) is 4.15. The van der Waals surface area contributed by atoms with Gasteiger partial charge in [0.25, 0.3) is 0 Å². The molecule has 100 valence electrons. The molecule has 0 spiro atoms. The maximum atomic E-state index is 3.57. The summed E-state index contributed by atoms with van der Waals surface area (Å²) in [5, 5.41) is 6.93. The van der Waals surface area contributed by atoms with E-state index in [1.54, 1.807) is 0 Å². The predicted octanol–water partition coefficient (Wildman–Crippen LogP) is 2.87. The van der Waals surface area contributed by atoms with E-state index in [0.29, 0.717) is 11.5 Å². The summed E-state index contributed by atoms with van der Waals surface area (Å²) < 4.78 is 0. The van der Waals surface area contributed by atoms with Crippen molar-refractivity contribution in [2.45, 2.75) is 39.7 Å². The smallest absolute Gasteiger partial charge is 0.0392 e. The lowest BCUT2D eigenvalue weighted by Crippen LogP contribution is -2.34. The Hall–Kier alpha value is -0.860. The van der Waals surface area contributed by atoms with Gasteiger partial charge in [-0.05, 0) is 64.4 Å². The second-order valence-corrected chi connectivity index (χ2v) is 5.93. The summed E-state index contributed by atoms with van der Waals surface area (Å²) in [6, 6.07) is 5.09. The van der Waals surface area contributed by atoms with Crippen molar-refractivity contribution in [1.82, 2.24) is 10.6 Å². The van der Waals surface area contributed by atoms with Crippen molar-refractivity contribution < 1.29 is 0 Å². The lowest BCUT2D eigenvalue weighted by atomic mass is 9.84. The van der Waals surface area contributed by atoms with Crippen molar-refractivity contribution in [2.75, 3.05) is 20.6 Å². The van der Waals surface area contributed by atoms with Crippen LogP contribution in [0.15, 0.2) is 12.1 Å². The molecule has 0 aromatic heterocycles. The molecule has 1 aromatic rings. The molecule has 0 heterocycles. The van der Waals surface area contributed by atoms with E-state index in [-0.39, 0.29) is 0 Å². The summed E-state index contributed by atoms with van der Waals surface area (Å²) in [6.45, 7) is 7.77. The molecule has 0 amide bonds. The largest absolute Gasteiger partial charge is 0.319 e. The van der Waals surface area contributed by atoms with Gasteiger partial charge in [-0.1, -0.05) is 17.7 Å². The lowest BCUT2D eigenvalue weighted by Gasteiger charge is -2.30. The van der Waals surface area contributed by atoms with Crippen LogP contribution in [0.25, 0.3) is 0 Å². The molecule has 1 aliphatic carbocycles. The normalized spacial score (nSPS) is 18.7. The van der Waals surface area contributed by atoms with E-state index in [0.717, 1.165) is 6.54 Å². The molecule has 0 bridgehead atoms. The highest BCUT2D eigenvalue weighted by Gasteiger charge is 2.49. The summed E-state index contributed by atoms with van der Waals surface area (Å²) in [4.78, 5) is 0. The van der Waals surface area contributed by atoms with Gasteiger partial charge in [0.15, 0.2) is 0 Å². The molecule has 2 rings (SSSR count). The molecular formula is C16H26N2. The van der Waals surface area contributed by atoms with Crippen LogP contribution in [0.4, 0.5) is 0 Å². The van der Waals surface area contributed by atoms with E-state index in [4.69, 9.17) is 0 Å². The Labute approximate surface area is 111 Å². The number of nitrogens with one attached hydrogen (secondary N) is 2. The first-order valence-electron chi connectivity index (χ1n) is 6.93. The predicted molar refractivity (Wildman–Crippen MR) is 78.0 cm³/mol. The summed E-state index contributed by atoms with van der Waals surface area (Å²) in [5.41, 5.74) is 6.15. The first-order valence-corrected chi connectivity index (χ1v) is 6.93. The Kier molecular flexibility index (Phi) is 3.79. The van der Waals surface area contributed by atoms with Crippen LogP contribution < -0.4 is 10.6 Å². The highest BCUT2D eigenvalue weighted by molar-refractivity contribution is 5.41. The third kappa shape index (κ3) is 2.32. The summed E-state index contributed by atoms with van der Waals surface area (Å²) in [6.07, 6.45) is 2.65. The number of rotatable bonds is 5. The van der Waals surface area contributed by atoms with Gasteiger partial charge in [-0.2, -0.15) is 0 Å². The minimum atomic E-state index is 0.425. The van der Waals surface area contributed by atoms with Gasteiger partial charge in [-0.3, -0.25) is 0 Å². The van der Waals surface area contributed by atoms with Crippen molar-refractivity contribution in [2.24, 2.45) is 5.41 Å². The molecular weight excluding hydrogens is 220 g/mol. The van der Waals surface area contributed by atoms with Crippen LogP contribution in [-0.4, -0.2) is 20.6 Å². The quantitative estimate of drug-likeness (QED) is 0.835. The molecule has 0 saturated heterocycles. The second kappa shape index (κ2) is 5.02. The molecule has 1 unspecified atom stereocenters. The number of aryl methyl sites for hydroxylation is 3. The minimum absolute atomic E-state index is 0.425. The van der Waals surface area contributed by atoms with E-state index in [1.807, 2.05) is 0 Å². The molecule has 18 heavy (non-hydrogen) atoms. The third-order valence-electron chi connectivity index (χ3n) is 4.35. The van der Waals surface area contributed by atoms with Crippen molar-refractivity contribution in [3.05, 3.63) is 34.4 Å². The fourth-order valence-corrected chi connectivity index (χ4v) is 3.48. The molecule has 2 N–H and O–H groups in total. The Morgan fingerprint density at radius 3 is 2.06 bits per heavy atom. The number of hydrogen-bond donors (Lipinski definition) is 2. The molecule has 0 aliphatic heterocycles. The maximum Gasteiger partial charge on any atom is 0.0392 e. The monoisotopic (exact) mass is 246 g/mol. The zero-order valence-electron chi connectivity index (χ0n) is 12.4. The second-order valence-electron chi connectivity index (χ2n) is 5.93. The topological polar surface area (TPSA) is 24.1 Å². The zero-order chi connectivity index (χ0) is 13.3. The molecule has 1 saturated carbocycles. The van der Waals surface area contributed by atoms with E-state index < -0.39 is 0 Å². The van der Waals surface area contributed by atoms with Crippen LogP contribution in [0.3, 0.4) is 0 Å². The van der Waals surface area contributed by atoms with Crippen LogP contribution in [0.5, 0.6) is 0 Å². The van der Waals surface area contributed by atoms with Crippen molar-refractivity contribution in [1.29, 1.82) is 0 Å². The molecule has 1 aliphatic rings. The van der Waals surface area contributed by atoms with Crippen molar-refractivity contribution >= 4 is 0 Å². The van der Waals surface area contributed by atoms with Gasteiger partial charge in [0.2, 0.25) is 0 Å². The van der Waals surface area contributed by atoms with Gasteiger partial charge in [0, 0.05) is 18.0 Å². The zero-order valence-corrected chi connectivity index (χ0v) is 12.4. The van der Waals surface area contributed by atoms with Gasteiger partial charge in [0.1, 0.15) is 0 Å². The van der Waals surface area contributed by atoms with Crippen LogP contribution >= 0.6 is 0 Å². The highest BCUT2D eigenvalue weighted by atomic mass is 15.0. The van der Waals surface area contributed by atoms with Crippen LogP contribution in [0, 0.1) is 26.2 Å². The Morgan fingerprint density at radius 2 is 1.67 bits per heavy atom. The average Bonchev–Trinajstić information content (AvgIpc) is 3.04. The highest BCUT2D eigenvalue weighted by Crippen LogP contribution is 2.55. The van der Waals surface area contributed by atoms with E-state index >= 15 is 0 Å². The van der Waals surface area contributed by atoms with Crippen LogP contribution in [-0.2, 0) is 0 Å². The summed E-state index contributed by atoms with van der Waals surface area (Å²) in [5.74, 6) is 0. The van der Waals surface area contributed by atoms with Gasteiger partial charge in [-0.25, -0.2) is 0 Å². The Bertz CT molecular complexity index is 410. The third-order valence-corrected chi connectivity index (χ3v) is 4.35. The number of benzene rings is 1.